The summed E-state index contributed by atoms with van der Waals surface area (Å²) in [4.78, 5) is 103. The number of furan rings is 1. The fourth-order valence-corrected chi connectivity index (χ4v) is 5.53. The van der Waals surface area contributed by atoms with Gasteiger partial charge >= 0.3 is 23.9 Å². The third-order valence-electron chi connectivity index (χ3n) is 8.32. The number of aliphatic carboxylic acids is 3. The molecule has 2 aromatic carbocycles. The van der Waals surface area contributed by atoms with Crippen LogP contribution >= 0.6 is 0 Å². The number of carbonyl (C=O) groups is 8. The average Bonchev–Trinajstić information content (AvgIpc) is 3.66. The van der Waals surface area contributed by atoms with Crippen LogP contribution in [0.25, 0.3) is 11.3 Å². The zero-order valence-corrected chi connectivity index (χ0v) is 30.5. The van der Waals surface area contributed by atoms with Crippen LogP contribution in [0.1, 0.15) is 83.6 Å². The van der Waals surface area contributed by atoms with Gasteiger partial charge < -0.3 is 51.0 Å². The minimum absolute atomic E-state index is 0.0435. The van der Waals surface area contributed by atoms with Crippen LogP contribution < -0.4 is 26.4 Å². The normalized spacial score (nSPS) is 12.2. The molecule has 56 heavy (non-hydrogen) atoms. The molecule has 0 fully saturated rings. The van der Waals surface area contributed by atoms with Crippen LogP contribution in [-0.4, -0.2) is 93.8 Å². The Hall–Kier alpha value is -6.92. The summed E-state index contributed by atoms with van der Waals surface area (Å²) in [6.45, 7) is 2.46. The monoisotopic (exact) mass is 781 g/mol. The summed E-state index contributed by atoms with van der Waals surface area (Å²) in [6.07, 6.45) is 2.24. The highest BCUT2D eigenvalue weighted by atomic mass is 16.7. The van der Waals surface area contributed by atoms with Crippen molar-refractivity contribution in [1.82, 2.24) is 21.0 Å². The quantitative estimate of drug-likeness (QED) is 0.0239. The van der Waals surface area contributed by atoms with Crippen molar-refractivity contribution in [3.63, 3.8) is 0 Å². The molecular formula is C37H43N5O14. The highest BCUT2D eigenvalue weighted by Gasteiger charge is 2.34. The van der Waals surface area contributed by atoms with Crippen molar-refractivity contribution in [3.8, 4) is 17.1 Å². The maximum Gasteiger partial charge on any atom is 0.365 e. The van der Waals surface area contributed by atoms with Gasteiger partial charge in [0.05, 0.1) is 36.2 Å². The number of amides is 4. The number of benzene rings is 2. The zero-order chi connectivity index (χ0) is 41.4. The van der Waals surface area contributed by atoms with Gasteiger partial charge in [-0.05, 0) is 49.2 Å². The van der Waals surface area contributed by atoms with Crippen molar-refractivity contribution in [2.75, 3.05) is 19.0 Å². The largest absolute Gasteiger partial charge is 0.481 e. The van der Waals surface area contributed by atoms with Crippen molar-refractivity contribution in [2.24, 2.45) is 5.92 Å². The van der Waals surface area contributed by atoms with E-state index in [1.807, 2.05) is 6.92 Å². The summed E-state index contributed by atoms with van der Waals surface area (Å²) in [6, 6.07) is 9.94. The number of nitrogens with one attached hydrogen (secondary N) is 3. The second-order valence-corrected chi connectivity index (χ2v) is 12.3. The van der Waals surface area contributed by atoms with E-state index < -0.39 is 72.6 Å². The summed E-state index contributed by atoms with van der Waals surface area (Å²) >= 11 is 0. The molecule has 0 saturated heterocycles. The van der Waals surface area contributed by atoms with E-state index in [-0.39, 0.29) is 52.7 Å². The highest BCUT2D eigenvalue weighted by Crippen LogP contribution is 2.29. The lowest BCUT2D eigenvalue weighted by molar-refractivity contribution is -0.171. The first-order valence-corrected chi connectivity index (χ1v) is 17.4. The summed E-state index contributed by atoms with van der Waals surface area (Å²) in [5.41, 5.74) is 5.98. The lowest BCUT2D eigenvalue weighted by atomic mass is 9.90. The molecule has 19 heteroatoms. The van der Waals surface area contributed by atoms with Crippen molar-refractivity contribution in [3.05, 3.63) is 71.5 Å². The van der Waals surface area contributed by atoms with Crippen LogP contribution in [-0.2, 0) is 28.8 Å². The number of ether oxygens (including phenoxy) is 1. The van der Waals surface area contributed by atoms with Crippen molar-refractivity contribution >= 4 is 53.7 Å². The number of nitrogens with zero attached hydrogens (tertiary/aromatic N) is 1. The second kappa shape index (κ2) is 21.1. The number of hydrogen-bond donors (Lipinski definition) is 7. The first-order chi connectivity index (χ1) is 26.7. The Labute approximate surface area is 320 Å². The first kappa shape index (κ1) is 43.5. The fraction of sp³-hybridized carbons (Fsp3) is 0.351. The van der Waals surface area contributed by atoms with E-state index in [2.05, 4.69) is 16.0 Å². The van der Waals surface area contributed by atoms with Gasteiger partial charge in [-0.1, -0.05) is 51.3 Å². The maximum atomic E-state index is 13.5. The van der Waals surface area contributed by atoms with E-state index in [4.69, 9.17) is 29.9 Å². The zero-order valence-electron chi connectivity index (χ0n) is 30.5. The van der Waals surface area contributed by atoms with Crippen LogP contribution in [0.5, 0.6) is 5.75 Å². The van der Waals surface area contributed by atoms with Gasteiger partial charge in [0.2, 0.25) is 12.3 Å². The molecular weight excluding hydrogens is 738 g/mol. The Morgan fingerprint density at radius 1 is 0.893 bits per heavy atom. The van der Waals surface area contributed by atoms with Gasteiger partial charge in [0.1, 0.15) is 17.6 Å². The molecule has 3 atom stereocenters. The van der Waals surface area contributed by atoms with Crippen LogP contribution in [0.4, 0.5) is 5.69 Å². The van der Waals surface area contributed by atoms with E-state index in [0.717, 1.165) is 17.9 Å². The predicted molar refractivity (Wildman–Crippen MR) is 195 cm³/mol. The van der Waals surface area contributed by atoms with Crippen molar-refractivity contribution in [2.45, 2.75) is 64.5 Å². The third kappa shape index (κ3) is 12.3. The molecule has 0 aliphatic rings. The minimum atomic E-state index is -1.79. The molecule has 19 nitrogen and oxygen atoms in total. The Morgan fingerprint density at radius 3 is 2.25 bits per heavy atom. The molecule has 0 aliphatic heterocycles. The lowest BCUT2D eigenvalue weighted by Crippen LogP contribution is -2.49. The molecule has 0 radical (unpaired) electrons. The van der Waals surface area contributed by atoms with Gasteiger partial charge in [-0.3, -0.25) is 24.0 Å². The number of rotatable bonds is 23. The van der Waals surface area contributed by atoms with Crippen molar-refractivity contribution in [1.29, 1.82) is 0 Å². The number of carbonyl (C=O) groups excluding carboxylic acids is 5. The number of carboxylic acids is 3. The van der Waals surface area contributed by atoms with Gasteiger partial charge in [0.25, 0.3) is 11.8 Å². The molecule has 0 bridgehead atoms. The molecule has 0 aliphatic carbocycles. The molecule has 0 spiro atoms. The highest BCUT2D eigenvalue weighted by molar-refractivity contribution is 6.00. The van der Waals surface area contributed by atoms with Gasteiger partial charge in [0.15, 0.2) is 12.4 Å². The van der Waals surface area contributed by atoms with E-state index in [1.54, 1.807) is 19.1 Å². The first-order valence-electron chi connectivity index (χ1n) is 17.4. The Bertz CT molecular complexity index is 1910. The maximum absolute atomic E-state index is 13.5. The number of unbranched alkanes of at least 4 members (excludes halogenated alkanes) is 2. The summed E-state index contributed by atoms with van der Waals surface area (Å²) in [7, 11) is 0. The number of para-hydroxylation sites is 1. The minimum Gasteiger partial charge on any atom is -0.481 e. The number of nitrogens with two attached hydrogens (primary N) is 1. The van der Waals surface area contributed by atoms with Gasteiger partial charge in [-0.25, -0.2) is 14.4 Å². The Balaban J connectivity index is 1.73. The molecule has 8 N–H and O–H groups in total. The van der Waals surface area contributed by atoms with Crippen LogP contribution in [0.2, 0.25) is 0 Å². The molecule has 3 aromatic rings. The second-order valence-electron chi connectivity index (χ2n) is 12.3. The molecule has 300 valence electrons. The molecule has 2 unspecified atom stereocenters. The molecule has 1 heterocycles. The van der Waals surface area contributed by atoms with E-state index in [1.165, 1.54) is 42.5 Å². The fourth-order valence-electron chi connectivity index (χ4n) is 5.53. The SMILES string of the molecule is CCCCCC(C(=O)NCNC(=O)c1ccc(-c2ccc(C(=O)NC(CC(=O)O)C(=O)O)c(OCC(=O)O)c2)o1)[C@@H](CC)N(C=O)OC(=O)c1ccccc1N. The predicted octanol–water partition coefficient (Wildman–Crippen LogP) is 2.66. The Kier molecular flexibility index (Phi) is 16.4. The number of hydrogen-bond acceptors (Lipinski definition) is 12. The van der Waals surface area contributed by atoms with Crippen LogP contribution in [0.3, 0.4) is 0 Å². The molecule has 4 amide bonds. The third-order valence-corrected chi connectivity index (χ3v) is 8.32. The van der Waals surface area contributed by atoms with Gasteiger partial charge in [0, 0.05) is 11.3 Å². The number of carboxylic acid groups (broad SMARTS) is 3. The number of anilines is 1. The molecule has 1 aromatic heterocycles. The Morgan fingerprint density at radius 2 is 1.62 bits per heavy atom. The average molecular weight is 782 g/mol. The summed E-state index contributed by atoms with van der Waals surface area (Å²) < 4.78 is 10.9. The standard InChI is InChI=1S/C37H43N5O14/c1-3-5-6-10-23(27(4-2)42(20-43)56-37(53)22-9-7-8-11-25(22)38)33(48)39-19-40-35(50)29-15-14-28(55-29)21-12-13-24(30(16-21)54-18-32(46)47)34(49)41-26(36(51)52)17-31(44)45/h7-9,11-16,20,23,26-27H,3-6,10,17-19,38H2,1-2H3,(H,39,48)(H,40,50)(H,41,49)(H,44,45)(H,46,47)(H,51,52)/t23?,26?,27-/m1/s1. The molecule has 0 saturated carbocycles. The summed E-state index contributed by atoms with van der Waals surface area (Å²) in [5.74, 6) is -8.95. The van der Waals surface area contributed by atoms with Gasteiger partial charge in [-0.2, -0.15) is 5.06 Å². The van der Waals surface area contributed by atoms with E-state index in [0.29, 0.717) is 19.3 Å². The van der Waals surface area contributed by atoms with E-state index in [9.17, 15) is 43.5 Å². The lowest BCUT2D eigenvalue weighted by Gasteiger charge is -2.31. The number of hydroxylamine groups is 2. The number of nitrogen functional groups attached to an aromatic ring is 1. The summed E-state index contributed by atoms with van der Waals surface area (Å²) in [5, 5.41) is 35.4. The van der Waals surface area contributed by atoms with Crippen LogP contribution in [0, 0.1) is 5.92 Å². The topological polar surface area (TPSA) is 294 Å². The molecule has 3 rings (SSSR count). The van der Waals surface area contributed by atoms with Crippen LogP contribution in [0.15, 0.2) is 59.0 Å². The van der Waals surface area contributed by atoms with Gasteiger partial charge in [-0.15, -0.1) is 0 Å². The smallest absolute Gasteiger partial charge is 0.365 e. The van der Waals surface area contributed by atoms with E-state index >= 15 is 0 Å². The van der Waals surface area contributed by atoms with Crippen molar-refractivity contribution < 1.29 is 67.7 Å².